The van der Waals surface area contributed by atoms with E-state index in [2.05, 4.69) is 9.97 Å². The Kier molecular flexibility index (Phi) is 2.51. The molecule has 0 aliphatic heterocycles. The molecule has 0 fully saturated rings. The normalized spacial score (nSPS) is 11.3. The zero-order chi connectivity index (χ0) is 14.4. The quantitative estimate of drug-likeness (QED) is 0.539. The SMILES string of the molecule is Fc1cccc2ccc(-c3c[nH]c4c(F)cccc34)nc12. The van der Waals surface area contributed by atoms with Crippen LogP contribution in [0.4, 0.5) is 8.78 Å². The van der Waals surface area contributed by atoms with E-state index in [0.29, 0.717) is 16.7 Å². The molecule has 102 valence electrons. The Labute approximate surface area is 119 Å². The Hall–Kier alpha value is -2.75. The third-order valence-corrected chi connectivity index (χ3v) is 3.61. The average Bonchev–Trinajstić information content (AvgIpc) is 2.93. The highest BCUT2D eigenvalue weighted by molar-refractivity contribution is 5.96. The van der Waals surface area contributed by atoms with Gasteiger partial charge in [-0.25, -0.2) is 13.8 Å². The smallest absolute Gasteiger partial charge is 0.149 e. The molecule has 0 saturated carbocycles. The minimum Gasteiger partial charge on any atom is -0.358 e. The number of rotatable bonds is 1. The largest absolute Gasteiger partial charge is 0.358 e. The Balaban J connectivity index is 2.00. The second-order valence-corrected chi connectivity index (χ2v) is 4.87. The Morgan fingerprint density at radius 3 is 2.57 bits per heavy atom. The molecule has 4 heteroatoms. The van der Waals surface area contributed by atoms with Crippen LogP contribution in [0.2, 0.25) is 0 Å². The van der Waals surface area contributed by atoms with Crippen LogP contribution in [0, 0.1) is 11.6 Å². The molecule has 2 heterocycles. The Bertz CT molecular complexity index is 973. The van der Waals surface area contributed by atoms with Gasteiger partial charge < -0.3 is 4.98 Å². The van der Waals surface area contributed by atoms with E-state index >= 15 is 0 Å². The summed E-state index contributed by atoms with van der Waals surface area (Å²) >= 11 is 0. The van der Waals surface area contributed by atoms with Crippen LogP contribution in [-0.2, 0) is 0 Å². The molecule has 0 atom stereocenters. The number of fused-ring (bicyclic) bond motifs is 2. The lowest BCUT2D eigenvalue weighted by molar-refractivity contribution is 0.636. The molecule has 0 saturated heterocycles. The van der Waals surface area contributed by atoms with Gasteiger partial charge in [-0.15, -0.1) is 0 Å². The summed E-state index contributed by atoms with van der Waals surface area (Å²) in [6.45, 7) is 0. The molecule has 4 rings (SSSR count). The van der Waals surface area contributed by atoms with Gasteiger partial charge in [0.05, 0.1) is 11.2 Å². The van der Waals surface area contributed by atoms with Gasteiger partial charge in [0.15, 0.2) is 0 Å². The van der Waals surface area contributed by atoms with Gasteiger partial charge >= 0.3 is 0 Å². The standard InChI is InChI=1S/C17H10F2N2/c18-13-5-1-3-10-7-8-15(21-16(10)13)12-9-20-17-11(12)4-2-6-14(17)19/h1-9,20H. The van der Waals surface area contributed by atoms with Crippen molar-refractivity contribution < 1.29 is 8.78 Å². The molecule has 0 radical (unpaired) electrons. The minimum atomic E-state index is -0.361. The number of para-hydroxylation sites is 2. The predicted octanol–water partition coefficient (Wildman–Crippen LogP) is 4.66. The van der Waals surface area contributed by atoms with Crippen molar-refractivity contribution in [2.75, 3.05) is 0 Å². The lowest BCUT2D eigenvalue weighted by Gasteiger charge is -2.03. The molecule has 0 aliphatic carbocycles. The Morgan fingerprint density at radius 1 is 0.857 bits per heavy atom. The van der Waals surface area contributed by atoms with Gasteiger partial charge in [-0.05, 0) is 18.2 Å². The summed E-state index contributed by atoms with van der Waals surface area (Å²) in [5.41, 5.74) is 2.13. The van der Waals surface area contributed by atoms with Crippen molar-refractivity contribution in [1.82, 2.24) is 9.97 Å². The maximum Gasteiger partial charge on any atom is 0.149 e. The molecule has 0 spiro atoms. The van der Waals surface area contributed by atoms with Crippen molar-refractivity contribution in [2.45, 2.75) is 0 Å². The van der Waals surface area contributed by atoms with E-state index in [4.69, 9.17) is 0 Å². The molecule has 0 bridgehead atoms. The summed E-state index contributed by atoms with van der Waals surface area (Å²) in [5.74, 6) is -0.675. The van der Waals surface area contributed by atoms with Gasteiger partial charge in [0.1, 0.15) is 17.2 Å². The molecule has 2 nitrogen and oxygen atoms in total. The fourth-order valence-corrected chi connectivity index (χ4v) is 2.59. The highest BCUT2D eigenvalue weighted by Crippen LogP contribution is 2.30. The highest BCUT2D eigenvalue weighted by atomic mass is 19.1. The molecule has 4 aromatic rings. The molecule has 0 amide bonds. The second kappa shape index (κ2) is 4.38. The first-order valence-corrected chi connectivity index (χ1v) is 6.55. The van der Waals surface area contributed by atoms with Crippen molar-refractivity contribution in [2.24, 2.45) is 0 Å². The van der Waals surface area contributed by atoms with E-state index in [1.165, 1.54) is 12.1 Å². The molecule has 0 unspecified atom stereocenters. The van der Waals surface area contributed by atoms with E-state index in [1.54, 1.807) is 18.3 Å². The van der Waals surface area contributed by atoms with Crippen molar-refractivity contribution in [3.63, 3.8) is 0 Å². The number of aromatic nitrogens is 2. The van der Waals surface area contributed by atoms with Crippen LogP contribution >= 0.6 is 0 Å². The first kappa shape index (κ1) is 12.0. The number of aromatic amines is 1. The first-order chi connectivity index (χ1) is 10.2. The van der Waals surface area contributed by atoms with E-state index in [9.17, 15) is 8.78 Å². The van der Waals surface area contributed by atoms with E-state index < -0.39 is 0 Å². The van der Waals surface area contributed by atoms with Gasteiger partial charge in [0.2, 0.25) is 0 Å². The van der Waals surface area contributed by atoms with Crippen molar-refractivity contribution in [3.8, 4) is 11.3 Å². The minimum absolute atomic E-state index is 0.314. The number of halogens is 2. The molecule has 2 aromatic carbocycles. The number of nitrogens with one attached hydrogen (secondary N) is 1. The maximum atomic E-state index is 13.9. The van der Waals surface area contributed by atoms with Gasteiger partial charge in [0, 0.05) is 22.5 Å². The molecule has 21 heavy (non-hydrogen) atoms. The number of nitrogens with zero attached hydrogens (tertiary/aromatic N) is 1. The van der Waals surface area contributed by atoms with Gasteiger partial charge in [-0.3, -0.25) is 0 Å². The first-order valence-electron chi connectivity index (χ1n) is 6.55. The molecule has 0 aliphatic rings. The molecular weight excluding hydrogens is 270 g/mol. The number of pyridine rings is 1. The summed E-state index contributed by atoms with van der Waals surface area (Å²) in [4.78, 5) is 7.29. The third kappa shape index (κ3) is 1.80. The van der Waals surface area contributed by atoms with Crippen LogP contribution in [0.1, 0.15) is 0 Å². The fourth-order valence-electron chi connectivity index (χ4n) is 2.59. The van der Waals surface area contributed by atoms with E-state index in [1.807, 2.05) is 24.3 Å². The summed E-state index contributed by atoms with van der Waals surface area (Å²) in [7, 11) is 0. The van der Waals surface area contributed by atoms with Crippen LogP contribution in [-0.4, -0.2) is 9.97 Å². The van der Waals surface area contributed by atoms with Crippen LogP contribution in [0.25, 0.3) is 33.1 Å². The Morgan fingerprint density at radius 2 is 1.67 bits per heavy atom. The number of hydrogen-bond acceptors (Lipinski definition) is 1. The summed E-state index contributed by atoms with van der Waals surface area (Å²) in [6, 6.07) is 13.3. The van der Waals surface area contributed by atoms with Crippen molar-refractivity contribution in [3.05, 3.63) is 66.4 Å². The zero-order valence-corrected chi connectivity index (χ0v) is 10.9. The lowest BCUT2D eigenvalue weighted by atomic mass is 10.1. The summed E-state index contributed by atoms with van der Waals surface area (Å²) < 4.78 is 27.6. The summed E-state index contributed by atoms with van der Waals surface area (Å²) in [6.07, 6.45) is 1.70. The number of benzene rings is 2. The van der Waals surface area contributed by atoms with Crippen molar-refractivity contribution in [1.29, 1.82) is 0 Å². The fraction of sp³-hybridized carbons (Fsp3) is 0. The van der Waals surface area contributed by atoms with Crippen LogP contribution in [0.3, 0.4) is 0 Å². The van der Waals surface area contributed by atoms with Gasteiger partial charge in [0.25, 0.3) is 0 Å². The predicted molar refractivity (Wildman–Crippen MR) is 79.0 cm³/mol. The van der Waals surface area contributed by atoms with Crippen LogP contribution in [0.15, 0.2) is 54.7 Å². The van der Waals surface area contributed by atoms with E-state index in [0.717, 1.165) is 16.3 Å². The number of H-pyrrole nitrogens is 1. The van der Waals surface area contributed by atoms with E-state index in [-0.39, 0.29) is 11.6 Å². The molecule has 1 N–H and O–H groups in total. The number of hydrogen-bond donors (Lipinski definition) is 1. The maximum absolute atomic E-state index is 13.9. The van der Waals surface area contributed by atoms with Crippen LogP contribution < -0.4 is 0 Å². The molecular formula is C17H10F2N2. The monoisotopic (exact) mass is 280 g/mol. The molecule has 2 aromatic heterocycles. The summed E-state index contributed by atoms with van der Waals surface area (Å²) in [5, 5.41) is 1.47. The van der Waals surface area contributed by atoms with Crippen molar-refractivity contribution >= 4 is 21.8 Å². The second-order valence-electron chi connectivity index (χ2n) is 4.87. The zero-order valence-electron chi connectivity index (χ0n) is 10.9. The topological polar surface area (TPSA) is 28.7 Å². The average molecular weight is 280 g/mol. The van der Waals surface area contributed by atoms with Gasteiger partial charge in [-0.2, -0.15) is 0 Å². The van der Waals surface area contributed by atoms with Crippen LogP contribution in [0.5, 0.6) is 0 Å². The highest BCUT2D eigenvalue weighted by Gasteiger charge is 2.11. The third-order valence-electron chi connectivity index (χ3n) is 3.61. The van der Waals surface area contributed by atoms with Gasteiger partial charge in [-0.1, -0.05) is 30.3 Å². The lowest BCUT2D eigenvalue weighted by Crippen LogP contribution is -1.87.